The number of carbonyl (C=O) groups excluding carboxylic acids is 1. The molecule has 0 aromatic carbocycles. The third-order valence-electron chi connectivity index (χ3n) is 3.45. The molecule has 4 N–H and O–H groups in total. The Balaban J connectivity index is 2.49. The van der Waals surface area contributed by atoms with Crippen LogP contribution < -0.4 is 11.1 Å². The van der Waals surface area contributed by atoms with Gasteiger partial charge in [0.1, 0.15) is 0 Å². The fourth-order valence-electron chi connectivity index (χ4n) is 2.20. The molecule has 6 heteroatoms. The van der Waals surface area contributed by atoms with Crippen molar-refractivity contribution in [3.05, 3.63) is 0 Å². The van der Waals surface area contributed by atoms with Crippen LogP contribution in [0.4, 0.5) is 0 Å². The number of amides is 1. The van der Waals surface area contributed by atoms with Crippen LogP contribution >= 0.6 is 0 Å². The summed E-state index contributed by atoms with van der Waals surface area (Å²) < 4.78 is 5.18. The largest absolute Gasteiger partial charge is 0.481 e. The van der Waals surface area contributed by atoms with Crippen molar-refractivity contribution in [2.75, 3.05) is 19.8 Å². The van der Waals surface area contributed by atoms with Gasteiger partial charge in [0.15, 0.2) is 0 Å². The fourth-order valence-corrected chi connectivity index (χ4v) is 2.20. The summed E-state index contributed by atoms with van der Waals surface area (Å²) in [4.78, 5) is 23.1. The summed E-state index contributed by atoms with van der Waals surface area (Å²) in [7, 11) is 0. The minimum absolute atomic E-state index is 0.131. The number of ether oxygens (including phenoxy) is 1. The van der Waals surface area contributed by atoms with Gasteiger partial charge in [0.2, 0.25) is 5.91 Å². The van der Waals surface area contributed by atoms with Crippen molar-refractivity contribution in [2.45, 2.75) is 38.6 Å². The average molecular weight is 272 g/mol. The molecule has 0 saturated carbocycles. The van der Waals surface area contributed by atoms with Crippen molar-refractivity contribution in [3.63, 3.8) is 0 Å². The zero-order valence-electron chi connectivity index (χ0n) is 11.6. The molecule has 110 valence electrons. The highest BCUT2D eigenvalue weighted by molar-refractivity contribution is 5.86. The molecule has 6 nitrogen and oxygen atoms in total. The summed E-state index contributed by atoms with van der Waals surface area (Å²) in [6, 6.07) is 0. The van der Waals surface area contributed by atoms with Crippen molar-refractivity contribution in [1.29, 1.82) is 0 Å². The number of aliphatic carboxylic acids is 1. The topological polar surface area (TPSA) is 102 Å². The van der Waals surface area contributed by atoms with Crippen molar-refractivity contribution in [1.82, 2.24) is 5.32 Å². The van der Waals surface area contributed by atoms with Crippen LogP contribution in [-0.4, -0.2) is 42.3 Å². The van der Waals surface area contributed by atoms with Crippen LogP contribution in [0.1, 0.15) is 33.1 Å². The van der Waals surface area contributed by atoms with Crippen LogP contribution in [0.2, 0.25) is 0 Å². The molecule has 1 saturated heterocycles. The predicted molar refractivity (Wildman–Crippen MR) is 70.6 cm³/mol. The summed E-state index contributed by atoms with van der Waals surface area (Å²) >= 11 is 0. The third kappa shape index (κ3) is 4.80. The van der Waals surface area contributed by atoms with Crippen molar-refractivity contribution in [2.24, 2.45) is 17.6 Å². The summed E-state index contributed by atoms with van der Waals surface area (Å²) in [6.45, 7) is 4.99. The second kappa shape index (κ2) is 6.86. The molecule has 0 aromatic heterocycles. The highest BCUT2D eigenvalue weighted by Gasteiger charge is 2.36. The van der Waals surface area contributed by atoms with Crippen LogP contribution in [0.15, 0.2) is 0 Å². The fraction of sp³-hybridized carbons (Fsp3) is 0.846. The minimum atomic E-state index is -0.918. The molecule has 1 rings (SSSR count). The number of hydrogen-bond donors (Lipinski definition) is 3. The number of carbonyl (C=O) groups is 2. The van der Waals surface area contributed by atoms with Gasteiger partial charge in [-0.05, 0) is 25.2 Å². The van der Waals surface area contributed by atoms with E-state index in [9.17, 15) is 9.59 Å². The molecule has 1 fully saturated rings. The van der Waals surface area contributed by atoms with E-state index in [1.807, 2.05) is 13.8 Å². The van der Waals surface area contributed by atoms with Gasteiger partial charge in [-0.3, -0.25) is 9.59 Å². The normalized spacial score (nSPS) is 20.0. The molecular formula is C13H24N2O4. The summed E-state index contributed by atoms with van der Waals surface area (Å²) in [6.07, 6.45) is 1.48. The zero-order chi connectivity index (χ0) is 14.5. The van der Waals surface area contributed by atoms with Gasteiger partial charge in [-0.15, -0.1) is 0 Å². The van der Waals surface area contributed by atoms with Gasteiger partial charge in [-0.25, -0.2) is 0 Å². The van der Waals surface area contributed by atoms with E-state index in [1.54, 1.807) is 0 Å². The Morgan fingerprint density at radius 3 is 2.42 bits per heavy atom. The van der Waals surface area contributed by atoms with E-state index in [-0.39, 0.29) is 18.4 Å². The molecule has 1 unspecified atom stereocenters. The van der Waals surface area contributed by atoms with Crippen molar-refractivity contribution >= 4 is 11.9 Å². The standard InChI is InChI=1S/C13H24N2O4/c1-9(2)7-10(11(16)17)8-15-12(18)13(14)3-5-19-6-4-13/h9-10H,3-8,14H2,1-2H3,(H,15,18)(H,16,17). The number of nitrogens with one attached hydrogen (secondary N) is 1. The molecule has 0 radical (unpaired) electrons. The molecule has 1 aliphatic heterocycles. The maximum Gasteiger partial charge on any atom is 0.308 e. The van der Waals surface area contributed by atoms with Gasteiger partial charge in [-0.1, -0.05) is 13.8 Å². The highest BCUT2D eigenvalue weighted by atomic mass is 16.5. The first kappa shape index (κ1) is 15.9. The number of carboxylic acid groups (broad SMARTS) is 1. The number of carboxylic acids is 1. The molecule has 1 aliphatic rings. The molecule has 0 spiro atoms. The smallest absolute Gasteiger partial charge is 0.308 e. The third-order valence-corrected chi connectivity index (χ3v) is 3.45. The van der Waals surface area contributed by atoms with E-state index in [1.165, 1.54) is 0 Å². The molecule has 19 heavy (non-hydrogen) atoms. The Labute approximate surface area is 113 Å². The predicted octanol–water partition coefficient (Wildman–Crippen LogP) is 0.357. The Morgan fingerprint density at radius 1 is 1.37 bits per heavy atom. The van der Waals surface area contributed by atoms with Gasteiger partial charge in [0.05, 0.1) is 11.5 Å². The highest BCUT2D eigenvalue weighted by Crippen LogP contribution is 2.18. The molecule has 0 aromatic rings. The van der Waals surface area contributed by atoms with E-state index < -0.39 is 17.4 Å². The van der Waals surface area contributed by atoms with Crippen molar-refractivity contribution < 1.29 is 19.4 Å². The van der Waals surface area contributed by atoms with Crippen LogP contribution in [0.25, 0.3) is 0 Å². The summed E-state index contributed by atoms with van der Waals surface area (Å²) in [5, 5.41) is 11.8. The van der Waals surface area contributed by atoms with E-state index in [4.69, 9.17) is 15.6 Å². The van der Waals surface area contributed by atoms with Gasteiger partial charge >= 0.3 is 5.97 Å². The van der Waals surface area contributed by atoms with Crippen LogP contribution in [0, 0.1) is 11.8 Å². The molecular weight excluding hydrogens is 248 g/mol. The zero-order valence-corrected chi connectivity index (χ0v) is 11.6. The van der Waals surface area contributed by atoms with E-state index >= 15 is 0 Å². The Morgan fingerprint density at radius 2 is 1.95 bits per heavy atom. The first-order valence-corrected chi connectivity index (χ1v) is 6.73. The van der Waals surface area contributed by atoms with Gasteiger partial charge in [-0.2, -0.15) is 0 Å². The lowest BCUT2D eigenvalue weighted by molar-refractivity contribution is -0.142. The molecule has 1 atom stereocenters. The van der Waals surface area contributed by atoms with E-state index in [0.717, 1.165) is 0 Å². The number of hydrogen-bond acceptors (Lipinski definition) is 4. The van der Waals surface area contributed by atoms with Crippen LogP contribution in [0.5, 0.6) is 0 Å². The maximum atomic E-state index is 12.0. The Hall–Kier alpha value is -1.14. The average Bonchev–Trinajstić information content (AvgIpc) is 2.34. The lowest BCUT2D eigenvalue weighted by Gasteiger charge is -2.32. The molecule has 0 aliphatic carbocycles. The second-order valence-corrected chi connectivity index (χ2v) is 5.64. The lowest BCUT2D eigenvalue weighted by atomic mass is 9.90. The minimum Gasteiger partial charge on any atom is -0.481 e. The molecule has 1 heterocycles. The molecule has 0 bridgehead atoms. The Kier molecular flexibility index (Phi) is 5.75. The Bertz CT molecular complexity index is 325. The van der Waals surface area contributed by atoms with E-state index in [0.29, 0.717) is 32.5 Å². The van der Waals surface area contributed by atoms with Gasteiger partial charge in [0.25, 0.3) is 0 Å². The maximum absolute atomic E-state index is 12.0. The first-order chi connectivity index (χ1) is 8.85. The molecule has 1 amide bonds. The monoisotopic (exact) mass is 272 g/mol. The lowest BCUT2D eigenvalue weighted by Crippen LogP contribution is -2.57. The van der Waals surface area contributed by atoms with Crippen LogP contribution in [-0.2, 0) is 14.3 Å². The van der Waals surface area contributed by atoms with Crippen LogP contribution in [0.3, 0.4) is 0 Å². The SMILES string of the molecule is CC(C)CC(CNC(=O)C1(N)CCOCC1)C(=O)O. The summed E-state index contributed by atoms with van der Waals surface area (Å²) in [5.41, 5.74) is 5.11. The van der Waals surface area contributed by atoms with Gasteiger partial charge in [0, 0.05) is 19.8 Å². The quantitative estimate of drug-likeness (QED) is 0.648. The first-order valence-electron chi connectivity index (χ1n) is 6.73. The van der Waals surface area contributed by atoms with Crippen molar-refractivity contribution in [3.8, 4) is 0 Å². The number of rotatable bonds is 6. The van der Waals surface area contributed by atoms with E-state index in [2.05, 4.69) is 5.32 Å². The summed E-state index contributed by atoms with van der Waals surface area (Å²) in [5.74, 6) is -1.45. The second-order valence-electron chi connectivity index (χ2n) is 5.64. The van der Waals surface area contributed by atoms with Gasteiger partial charge < -0.3 is 20.9 Å². The number of nitrogens with two attached hydrogens (primary N) is 1.